The van der Waals surface area contributed by atoms with Gasteiger partial charge in [0.25, 0.3) is 0 Å². The van der Waals surface area contributed by atoms with Crippen molar-refractivity contribution < 1.29 is 9.47 Å². The third-order valence-corrected chi connectivity index (χ3v) is 2.47. The van der Waals surface area contributed by atoms with Crippen LogP contribution in [0.25, 0.3) is 0 Å². The summed E-state index contributed by atoms with van der Waals surface area (Å²) >= 11 is 5.65. The molecule has 1 aliphatic rings. The maximum absolute atomic E-state index is 5.65. The summed E-state index contributed by atoms with van der Waals surface area (Å²) < 4.78 is 10.8. The standard InChI is InChI=1S/C11H14ClNO2/c12-11-4-3-10(7-13-11)15-6-5-14-8-9-1-2-9/h3-4,7,9H,1-2,5-6,8H2. The molecule has 0 amide bonds. The van der Waals surface area contributed by atoms with Gasteiger partial charge in [0.05, 0.1) is 12.8 Å². The van der Waals surface area contributed by atoms with E-state index in [1.807, 2.05) is 0 Å². The van der Waals surface area contributed by atoms with Crippen molar-refractivity contribution in [1.29, 1.82) is 0 Å². The third-order valence-electron chi connectivity index (χ3n) is 2.25. The second kappa shape index (κ2) is 5.33. The molecule has 1 aromatic rings. The van der Waals surface area contributed by atoms with Gasteiger partial charge >= 0.3 is 0 Å². The lowest BCUT2D eigenvalue weighted by molar-refractivity contribution is 0.0926. The van der Waals surface area contributed by atoms with E-state index in [9.17, 15) is 0 Å². The second-order valence-electron chi connectivity index (χ2n) is 3.68. The van der Waals surface area contributed by atoms with Crippen molar-refractivity contribution in [3.8, 4) is 5.75 Å². The molecule has 0 N–H and O–H groups in total. The molecule has 0 aromatic carbocycles. The molecule has 2 rings (SSSR count). The maximum Gasteiger partial charge on any atom is 0.137 e. The number of nitrogens with zero attached hydrogens (tertiary/aromatic N) is 1. The molecule has 1 aliphatic carbocycles. The number of rotatable bonds is 6. The minimum Gasteiger partial charge on any atom is -0.490 e. The molecule has 4 heteroatoms. The van der Waals surface area contributed by atoms with Crippen LogP contribution in [0.2, 0.25) is 5.15 Å². The van der Waals surface area contributed by atoms with E-state index in [2.05, 4.69) is 4.98 Å². The van der Waals surface area contributed by atoms with Crippen LogP contribution in [0, 0.1) is 5.92 Å². The van der Waals surface area contributed by atoms with Gasteiger partial charge in [0.2, 0.25) is 0 Å². The monoisotopic (exact) mass is 227 g/mol. The lowest BCUT2D eigenvalue weighted by Crippen LogP contribution is -2.08. The van der Waals surface area contributed by atoms with Crippen molar-refractivity contribution in [2.45, 2.75) is 12.8 Å². The fraction of sp³-hybridized carbons (Fsp3) is 0.545. The van der Waals surface area contributed by atoms with Crippen LogP contribution in [-0.2, 0) is 4.74 Å². The molecule has 1 fully saturated rings. The van der Waals surface area contributed by atoms with E-state index < -0.39 is 0 Å². The van der Waals surface area contributed by atoms with Crippen LogP contribution >= 0.6 is 11.6 Å². The fourth-order valence-electron chi connectivity index (χ4n) is 1.20. The molecule has 1 aromatic heterocycles. The first-order valence-corrected chi connectivity index (χ1v) is 5.54. The fourth-order valence-corrected chi connectivity index (χ4v) is 1.31. The minimum absolute atomic E-state index is 0.479. The molecule has 82 valence electrons. The van der Waals surface area contributed by atoms with Gasteiger partial charge < -0.3 is 9.47 Å². The quantitative estimate of drug-likeness (QED) is 0.553. The Morgan fingerprint density at radius 2 is 2.20 bits per heavy atom. The first kappa shape index (κ1) is 10.7. The van der Waals surface area contributed by atoms with Crippen LogP contribution in [0.3, 0.4) is 0 Å². The lowest BCUT2D eigenvalue weighted by Gasteiger charge is -2.06. The van der Waals surface area contributed by atoms with E-state index in [4.69, 9.17) is 21.1 Å². The maximum atomic E-state index is 5.65. The number of pyridine rings is 1. The van der Waals surface area contributed by atoms with Crippen LogP contribution in [0.4, 0.5) is 0 Å². The van der Waals surface area contributed by atoms with Crippen LogP contribution in [0.1, 0.15) is 12.8 Å². The molecule has 0 unspecified atom stereocenters. The lowest BCUT2D eigenvalue weighted by atomic mass is 10.4. The van der Waals surface area contributed by atoms with Gasteiger partial charge in [-0.1, -0.05) is 11.6 Å². The van der Waals surface area contributed by atoms with Gasteiger partial charge in [-0.05, 0) is 30.9 Å². The Hall–Kier alpha value is -0.800. The highest BCUT2D eigenvalue weighted by Crippen LogP contribution is 2.28. The SMILES string of the molecule is Clc1ccc(OCCOCC2CC2)cn1. The van der Waals surface area contributed by atoms with Crippen molar-refractivity contribution in [1.82, 2.24) is 4.98 Å². The Labute approximate surface area is 94.4 Å². The number of aromatic nitrogens is 1. The highest BCUT2D eigenvalue weighted by Gasteiger charge is 2.20. The summed E-state index contributed by atoms with van der Waals surface area (Å²) in [5.41, 5.74) is 0. The number of hydrogen-bond donors (Lipinski definition) is 0. The number of ether oxygens (including phenoxy) is 2. The summed E-state index contributed by atoms with van der Waals surface area (Å²) in [7, 11) is 0. The van der Waals surface area contributed by atoms with Gasteiger partial charge in [-0.25, -0.2) is 4.98 Å². The highest BCUT2D eigenvalue weighted by molar-refractivity contribution is 6.29. The molecule has 1 saturated carbocycles. The van der Waals surface area contributed by atoms with Gasteiger partial charge in [0.15, 0.2) is 0 Å². The van der Waals surface area contributed by atoms with Crippen LogP contribution in [0.15, 0.2) is 18.3 Å². The molecule has 0 spiro atoms. The Morgan fingerprint density at radius 1 is 1.33 bits per heavy atom. The highest BCUT2D eigenvalue weighted by atomic mass is 35.5. The zero-order chi connectivity index (χ0) is 10.5. The van der Waals surface area contributed by atoms with E-state index in [1.54, 1.807) is 18.3 Å². The van der Waals surface area contributed by atoms with Crippen molar-refractivity contribution >= 4 is 11.6 Å². The second-order valence-corrected chi connectivity index (χ2v) is 4.07. The molecule has 0 radical (unpaired) electrons. The van der Waals surface area contributed by atoms with Gasteiger partial charge in [-0.2, -0.15) is 0 Å². The predicted molar refractivity (Wildman–Crippen MR) is 58.3 cm³/mol. The first-order valence-electron chi connectivity index (χ1n) is 5.17. The van der Waals surface area contributed by atoms with Crippen LogP contribution < -0.4 is 4.74 Å². The van der Waals surface area contributed by atoms with Gasteiger partial charge in [-0.3, -0.25) is 0 Å². The zero-order valence-corrected chi connectivity index (χ0v) is 9.24. The van der Waals surface area contributed by atoms with Crippen LogP contribution in [0.5, 0.6) is 5.75 Å². The third kappa shape index (κ3) is 4.06. The average Bonchev–Trinajstić information content (AvgIpc) is 3.04. The molecule has 0 atom stereocenters. The summed E-state index contributed by atoms with van der Waals surface area (Å²) in [6.45, 7) is 2.08. The van der Waals surface area contributed by atoms with Gasteiger partial charge in [0, 0.05) is 6.61 Å². The summed E-state index contributed by atoms with van der Waals surface area (Å²) in [5, 5.41) is 0.479. The average molecular weight is 228 g/mol. The molecule has 0 bridgehead atoms. The van der Waals surface area contributed by atoms with Crippen molar-refractivity contribution in [2.75, 3.05) is 19.8 Å². The Bertz CT molecular complexity index is 298. The molecule has 1 heterocycles. The van der Waals surface area contributed by atoms with Crippen molar-refractivity contribution in [3.05, 3.63) is 23.5 Å². The first-order chi connectivity index (χ1) is 7.34. The largest absolute Gasteiger partial charge is 0.490 e. The van der Waals surface area contributed by atoms with E-state index in [0.29, 0.717) is 18.4 Å². The molecular weight excluding hydrogens is 214 g/mol. The molecule has 15 heavy (non-hydrogen) atoms. The predicted octanol–water partition coefficient (Wildman–Crippen LogP) is 2.54. The molecular formula is C11H14ClNO2. The van der Waals surface area contributed by atoms with Gasteiger partial charge in [-0.15, -0.1) is 0 Å². The summed E-state index contributed by atoms with van der Waals surface area (Å²) in [6, 6.07) is 3.51. The normalized spacial score (nSPS) is 15.3. The van der Waals surface area contributed by atoms with Crippen molar-refractivity contribution in [3.63, 3.8) is 0 Å². The molecule has 3 nitrogen and oxygen atoms in total. The minimum atomic E-state index is 0.479. The topological polar surface area (TPSA) is 31.4 Å². The van der Waals surface area contributed by atoms with Gasteiger partial charge in [0.1, 0.15) is 17.5 Å². The van der Waals surface area contributed by atoms with E-state index in [0.717, 1.165) is 18.3 Å². The Kier molecular flexibility index (Phi) is 3.80. The smallest absolute Gasteiger partial charge is 0.137 e. The van der Waals surface area contributed by atoms with E-state index in [-0.39, 0.29) is 0 Å². The van der Waals surface area contributed by atoms with E-state index >= 15 is 0 Å². The van der Waals surface area contributed by atoms with Crippen LogP contribution in [-0.4, -0.2) is 24.8 Å². The summed E-state index contributed by atoms with van der Waals surface area (Å²) in [6.07, 6.45) is 4.26. The molecule has 0 aliphatic heterocycles. The van der Waals surface area contributed by atoms with E-state index in [1.165, 1.54) is 12.8 Å². The summed E-state index contributed by atoms with van der Waals surface area (Å²) in [5.74, 6) is 1.54. The Morgan fingerprint density at radius 3 is 2.87 bits per heavy atom. The molecule has 0 saturated heterocycles. The van der Waals surface area contributed by atoms with Crippen molar-refractivity contribution in [2.24, 2.45) is 5.92 Å². The zero-order valence-electron chi connectivity index (χ0n) is 8.49. The Balaban J connectivity index is 1.58. The summed E-state index contributed by atoms with van der Waals surface area (Å²) in [4.78, 5) is 3.92. The number of hydrogen-bond acceptors (Lipinski definition) is 3. The number of halogens is 1.